The van der Waals surface area contributed by atoms with Crippen LogP contribution >= 0.6 is 15.9 Å². The molecule has 3 rings (SSSR count). The minimum atomic E-state index is 0.665. The van der Waals surface area contributed by atoms with E-state index in [9.17, 15) is 0 Å². The fourth-order valence-electron chi connectivity index (χ4n) is 1.97. The average molecular weight is 317 g/mol. The first-order valence-corrected chi connectivity index (χ1v) is 6.78. The number of anilines is 1. The van der Waals surface area contributed by atoms with Gasteiger partial charge in [-0.05, 0) is 35.0 Å². The number of rotatable bonds is 3. The van der Waals surface area contributed by atoms with E-state index in [0.29, 0.717) is 6.54 Å². The van der Waals surface area contributed by atoms with Crippen molar-refractivity contribution in [3.05, 3.63) is 53.0 Å². The molecule has 0 unspecified atom stereocenters. The van der Waals surface area contributed by atoms with E-state index in [-0.39, 0.29) is 0 Å². The first-order chi connectivity index (χ1) is 9.22. The molecule has 0 aliphatic heterocycles. The minimum Gasteiger partial charge on any atom is -0.378 e. The molecule has 0 bridgehead atoms. The monoisotopic (exact) mass is 316 g/mol. The summed E-state index contributed by atoms with van der Waals surface area (Å²) in [5, 5.41) is 13.7. The second-order valence-electron chi connectivity index (χ2n) is 4.42. The summed E-state index contributed by atoms with van der Waals surface area (Å²) in [6.07, 6.45) is 1.70. The van der Waals surface area contributed by atoms with Gasteiger partial charge in [0.05, 0.1) is 6.54 Å². The van der Waals surface area contributed by atoms with Crippen molar-refractivity contribution in [1.29, 1.82) is 0 Å². The standard InChI is InChI=1S/C14H13BrN4/c1-19-9-17-18-14(19)8-16-13-5-3-10-6-12(15)4-2-11(10)7-13/h2-7,9,16H,8H2,1H3. The van der Waals surface area contributed by atoms with Crippen LogP contribution in [0.3, 0.4) is 0 Å². The van der Waals surface area contributed by atoms with Gasteiger partial charge in [-0.25, -0.2) is 0 Å². The lowest BCUT2D eigenvalue weighted by Gasteiger charge is -2.07. The Morgan fingerprint density at radius 1 is 1.16 bits per heavy atom. The second kappa shape index (κ2) is 5.01. The van der Waals surface area contributed by atoms with Crippen molar-refractivity contribution in [2.45, 2.75) is 6.54 Å². The summed E-state index contributed by atoms with van der Waals surface area (Å²) in [6, 6.07) is 12.6. The number of hydrogen-bond acceptors (Lipinski definition) is 3. The molecule has 0 saturated carbocycles. The molecular formula is C14H13BrN4. The van der Waals surface area contributed by atoms with E-state index < -0.39 is 0 Å². The highest BCUT2D eigenvalue weighted by Crippen LogP contribution is 2.23. The Labute approximate surface area is 119 Å². The van der Waals surface area contributed by atoms with Gasteiger partial charge in [-0.15, -0.1) is 10.2 Å². The Morgan fingerprint density at radius 2 is 1.95 bits per heavy atom. The van der Waals surface area contributed by atoms with Crippen LogP contribution in [0.1, 0.15) is 5.82 Å². The predicted octanol–water partition coefficient (Wildman–Crippen LogP) is 3.34. The summed E-state index contributed by atoms with van der Waals surface area (Å²) in [5.41, 5.74) is 1.08. The van der Waals surface area contributed by atoms with Crippen molar-refractivity contribution in [1.82, 2.24) is 14.8 Å². The lowest BCUT2D eigenvalue weighted by molar-refractivity contribution is 0.812. The van der Waals surface area contributed by atoms with Gasteiger partial charge in [0.2, 0.25) is 0 Å². The molecule has 0 aliphatic carbocycles. The van der Waals surface area contributed by atoms with Crippen LogP contribution in [0, 0.1) is 0 Å². The summed E-state index contributed by atoms with van der Waals surface area (Å²) in [4.78, 5) is 0. The second-order valence-corrected chi connectivity index (χ2v) is 5.33. The van der Waals surface area contributed by atoms with Crippen LogP contribution in [0.5, 0.6) is 0 Å². The van der Waals surface area contributed by atoms with Gasteiger partial charge in [-0.2, -0.15) is 0 Å². The van der Waals surface area contributed by atoms with E-state index in [1.54, 1.807) is 6.33 Å². The number of hydrogen-bond donors (Lipinski definition) is 1. The van der Waals surface area contributed by atoms with E-state index in [1.807, 2.05) is 11.6 Å². The van der Waals surface area contributed by atoms with Gasteiger partial charge in [-0.1, -0.05) is 28.1 Å². The van der Waals surface area contributed by atoms with Gasteiger partial charge in [0.1, 0.15) is 6.33 Å². The lowest BCUT2D eigenvalue weighted by atomic mass is 10.1. The normalized spacial score (nSPS) is 10.8. The molecule has 0 aliphatic rings. The van der Waals surface area contributed by atoms with E-state index >= 15 is 0 Å². The molecule has 1 aromatic heterocycles. The summed E-state index contributed by atoms with van der Waals surface area (Å²) in [5.74, 6) is 0.913. The molecule has 5 heteroatoms. The van der Waals surface area contributed by atoms with Gasteiger partial charge in [0, 0.05) is 17.2 Å². The average Bonchev–Trinajstić information content (AvgIpc) is 2.82. The van der Waals surface area contributed by atoms with Gasteiger partial charge in [-0.3, -0.25) is 0 Å². The Bertz CT molecular complexity index is 720. The summed E-state index contributed by atoms with van der Waals surface area (Å²) in [7, 11) is 1.94. The molecular weight excluding hydrogens is 304 g/mol. The van der Waals surface area contributed by atoms with Crippen LogP contribution in [0.25, 0.3) is 10.8 Å². The van der Waals surface area contributed by atoms with Crippen molar-refractivity contribution in [2.24, 2.45) is 7.05 Å². The SMILES string of the molecule is Cn1cnnc1CNc1ccc2cc(Br)ccc2c1. The first-order valence-electron chi connectivity index (χ1n) is 5.98. The number of nitrogens with zero attached hydrogens (tertiary/aromatic N) is 3. The van der Waals surface area contributed by atoms with E-state index in [4.69, 9.17) is 0 Å². The highest BCUT2D eigenvalue weighted by molar-refractivity contribution is 9.10. The molecule has 0 radical (unpaired) electrons. The molecule has 0 fully saturated rings. The zero-order valence-corrected chi connectivity index (χ0v) is 12.1. The minimum absolute atomic E-state index is 0.665. The van der Waals surface area contributed by atoms with Gasteiger partial charge in [0.15, 0.2) is 5.82 Å². The molecule has 0 amide bonds. The third kappa shape index (κ3) is 2.61. The van der Waals surface area contributed by atoms with Crippen molar-refractivity contribution in [3.8, 4) is 0 Å². The third-order valence-corrected chi connectivity index (χ3v) is 3.55. The molecule has 19 heavy (non-hydrogen) atoms. The Balaban J connectivity index is 1.82. The Morgan fingerprint density at radius 3 is 2.74 bits per heavy atom. The highest BCUT2D eigenvalue weighted by atomic mass is 79.9. The quantitative estimate of drug-likeness (QED) is 0.805. The number of benzene rings is 2. The zero-order valence-electron chi connectivity index (χ0n) is 10.5. The van der Waals surface area contributed by atoms with Crippen LogP contribution in [0.4, 0.5) is 5.69 Å². The molecule has 96 valence electrons. The van der Waals surface area contributed by atoms with Crippen LogP contribution in [-0.2, 0) is 13.6 Å². The van der Waals surface area contributed by atoms with Crippen LogP contribution < -0.4 is 5.32 Å². The highest BCUT2D eigenvalue weighted by Gasteiger charge is 2.01. The summed E-state index contributed by atoms with van der Waals surface area (Å²) >= 11 is 3.48. The number of fused-ring (bicyclic) bond motifs is 1. The summed E-state index contributed by atoms with van der Waals surface area (Å²) in [6.45, 7) is 0.665. The van der Waals surface area contributed by atoms with Crippen LogP contribution in [-0.4, -0.2) is 14.8 Å². The summed E-state index contributed by atoms with van der Waals surface area (Å²) < 4.78 is 3.00. The van der Waals surface area contributed by atoms with Gasteiger partial charge >= 0.3 is 0 Å². The Hall–Kier alpha value is -1.88. The number of aryl methyl sites for hydroxylation is 1. The van der Waals surface area contributed by atoms with Crippen molar-refractivity contribution in [2.75, 3.05) is 5.32 Å². The topological polar surface area (TPSA) is 42.7 Å². The van der Waals surface area contributed by atoms with Gasteiger partial charge in [0.25, 0.3) is 0 Å². The van der Waals surface area contributed by atoms with Crippen molar-refractivity contribution >= 4 is 32.4 Å². The Kier molecular flexibility index (Phi) is 3.21. The van der Waals surface area contributed by atoms with Crippen molar-refractivity contribution in [3.63, 3.8) is 0 Å². The molecule has 0 atom stereocenters. The number of aromatic nitrogens is 3. The maximum atomic E-state index is 4.05. The maximum absolute atomic E-state index is 4.05. The van der Waals surface area contributed by atoms with E-state index in [0.717, 1.165) is 16.0 Å². The van der Waals surface area contributed by atoms with Crippen molar-refractivity contribution < 1.29 is 0 Å². The molecule has 0 spiro atoms. The smallest absolute Gasteiger partial charge is 0.151 e. The molecule has 3 aromatic rings. The third-order valence-electron chi connectivity index (χ3n) is 3.06. The fraction of sp³-hybridized carbons (Fsp3) is 0.143. The predicted molar refractivity (Wildman–Crippen MR) is 80.0 cm³/mol. The fourth-order valence-corrected chi connectivity index (χ4v) is 2.35. The van der Waals surface area contributed by atoms with E-state index in [1.165, 1.54) is 10.8 Å². The number of nitrogens with one attached hydrogen (secondary N) is 1. The zero-order chi connectivity index (χ0) is 13.2. The molecule has 1 N–H and O–H groups in total. The molecule has 1 heterocycles. The largest absolute Gasteiger partial charge is 0.378 e. The van der Waals surface area contributed by atoms with Crippen LogP contribution in [0.15, 0.2) is 47.2 Å². The van der Waals surface area contributed by atoms with Gasteiger partial charge < -0.3 is 9.88 Å². The van der Waals surface area contributed by atoms with E-state index in [2.05, 4.69) is 67.8 Å². The molecule has 2 aromatic carbocycles. The maximum Gasteiger partial charge on any atom is 0.151 e. The molecule has 4 nitrogen and oxygen atoms in total. The molecule has 0 saturated heterocycles. The number of halogens is 1. The first kappa shape index (κ1) is 12.2. The van der Waals surface area contributed by atoms with Crippen LogP contribution in [0.2, 0.25) is 0 Å². The lowest BCUT2D eigenvalue weighted by Crippen LogP contribution is -2.05.